The summed E-state index contributed by atoms with van der Waals surface area (Å²) in [5.41, 5.74) is 21.8. The normalized spacial score (nSPS) is 11.5. The van der Waals surface area contributed by atoms with Crippen LogP contribution < -0.4 is 0 Å². The van der Waals surface area contributed by atoms with Crippen LogP contribution in [-0.4, -0.2) is 19.4 Å². The largest absolute Gasteiger partial charge is 0.309 e. The standard InChI is InChI=1S/C65H42N4/c1-3-17-43(18-4-1)60-33-31-46(40-66-60)52-22-8-10-24-54(52)48-35-49(55-25-11-9-23-53(55)47-32-34-61(67-41-47)44-19-5-2-6-20-44)37-50(36-48)56-26-12-13-27-57(56)51-38-59-64-39-45-21-7-15-29-62(45)69(64)63-30-16-14-28-58(63)65(59)68-42-51/h1-42H. The molecular formula is C65H42N4. The molecule has 0 atom stereocenters. The zero-order chi connectivity index (χ0) is 45.7. The van der Waals surface area contributed by atoms with E-state index in [1.54, 1.807) is 0 Å². The SMILES string of the molecule is c1ccc(-c2ccc(-c3ccccc3-c3cc(-c4ccccc4-c4ccc(-c5ccccc5)nc4)cc(-c4ccccc4-c4cnc5c6ccccc6n6c7ccccc7cc6c5c4)c3)cn2)cc1. The second-order valence-corrected chi connectivity index (χ2v) is 17.6. The first kappa shape index (κ1) is 40.1. The molecule has 4 nitrogen and oxygen atoms in total. The summed E-state index contributed by atoms with van der Waals surface area (Å²) < 4.78 is 2.39. The average Bonchev–Trinajstić information content (AvgIpc) is 3.84. The lowest BCUT2D eigenvalue weighted by Crippen LogP contribution is -1.94. The van der Waals surface area contributed by atoms with E-state index in [0.29, 0.717) is 0 Å². The summed E-state index contributed by atoms with van der Waals surface area (Å²) in [4.78, 5) is 15.2. The maximum Gasteiger partial charge on any atom is 0.0816 e. The number of aromatic nitrogens is 4. The van der Waals surface area contributed by atoms with Crippen molar-refractivity contribution >= 4 is 38.2 Å². The molecule has 4 heteroatoms. The molecule has 69 heavy (non-hydrogen) atoms. The lowest BCUT2D eigenvalue weighted by Gasteiger charge is -2.18. The predicted molar refractivity (Wildman–Crippen MR) is 287 cm³/mol. The molecule has 0 saturated carbocycles. The third-order valence-electron chi connectivity index (χ3n) is 13.5. The molecular weight excluding hydrogens is 837 g/mol. The first-order chi connectivity index (χ1) is 34.2. The van der Waals surface area contributed by atoms with Gasteiger partial charge in [0.05, 0.1) is 33.5 Å². The van der Waals surface area contributed by atoms with Gasteiger partial charge in [0.1, 0.15) is 0 Å². The highest BCUT2D eigenvalue weighted by Gasteiger charge is 2.19. The van der Waals surface area contributed by atoms with E-state index in [1.807, 2.05) is 24.5 Å². The molecule has 0 N–H and O–H groups in total. The van der Waals surface area contributed by atoms with Gasteiger partial charge in [-0.1, -0.05) is 182 Å². The van der Waals surface area contributed by atoms with Crippen molar-refractivity contribution in [1.29, 1.82) is 0 Å². The van der Waals surface area contributed by atoms with Crippen LogP contribution in [0.4, 0.5) is 0 Å². The molecule has 13 aromatic rings. The van der Waals surface area contributed by atoms with E-state index in [0.717, 1.165) is 117 Å². The molecule has 0 radical (unpaired) electrons. The van der Waals surface area contributed by atoms with Crippen molar-refractivity contribution in [2.75, 3.05) is 0 Å². The van der Waals surface area contributed by atoms with Crippen LogP contribution in [0.5, 0.6) is 0 Å². The van der Waals surface area contributed by atoms with E-state index < -0.39 is 0 Å². The number of hydrogen-bond acceptors (Lipinski definition) is 3. The van der Waals surface area contributed by atoms with Gasteiger partial charge >= 0.3 is 0 Å². The third-order valence-corrected chi connectivity index (χ3v) is 13.5. The maximum absolute atomic E-state index is 5.29. The van der Waals surface area contributed by atoms with Gasteiger partial charge in [-0.2, -0.15) is 0 Å². The molecule has 0 aliphatic heterocycles. The third kappa shape index (κ3) is 7.14. The Morgan fingerprint density at radius 1 is 0.246 bits per heavy atom. The quantitative estimate of drug-likeness (QED) is 0.143. The first-order valence-corrected chi connectivity index (χ1v) is 23.4. The number of benzene rings is 8. The Morgan fingerprint density at radius 3 is 1.17 bits per heavy atom. The Labute approximate surface area is 400 Å². The van der Waals surface area contributed by atoms with Crippen LogP contribution in [0.1, 0.15) is 0 Å². The topological polar surface area (TPSA) is 43.1 Å². The fourth-order valence-corrected chi connectivity index (χ4v) is 10.2. The molecule has 0 aliphatic rings. The minimum Gasteiger partial charge on any atom is -0.309 e. The molecule has 13 rings (SSSR count). The predicted octanol–water partition coefficient (Wildman–Crippen LogP) is 16.9. The van der Waals surface area contributed by atoms with Crippen molar-refractivity contribution < 1.29 is 0 Å². The highest BCUT2D eigenvalue weighted by molar-refractivity contribution is 6.15. The minimum absolute atomic E-state index is 0.947. The summed E-state index contributed by atoms with van der Waals surface area (Å²) in [6, 6.07) is 84.4. The summed E-state index contributed by atoms with van der Waals surface area (Å²) in [6.07, 6.45) is 6.06. The first-order valence-electron chi connectivity index (χ1n) is 23.4. The van der Waals surface area contributed by atoms with Crippen LogP contribution in [0.25, 0.3) is 128 Å². The van der Waals surface area contributed by atoms with Crippen LogP contribution >= 0.6 is 0 Å². The summed E-state index contributed by atoms with van der Waals surface area (Å²) in [5, 5.41) is 3.45. The van der Waals surface area contributed by atoms with Gasteiger partial charge in [-0.05, 0) is 105 Å². The number of para-hydroxylation sites is 2. The number of pyridine rings is 4. The van der Waals surface area contributed by atoms with Gasteiger partial charge in [-0.25, -0.2) is 0 Å². The van der Waals surface area contributed by atoms with E-state index in [4.69, 9.17) is 15.0 Å². The summed E-state index contributed by atoms with van der Waals surface area (Å²) in [5.74, 6) is 0. The number of rotatable bonds is 8. The molecule has 0 fully saturated rings. The van der Waals surface area contributed by atoms with Gasteiger partial charge in [0.15, 0.2) is 0 Å². The molecule has 0 amide bonds. The summed E-state index contributed by atoms with van der Waals surface area (Å²) >= 11 is 0. The molecule has 8 aromatic carbocycles. The lowest BCUT2D eigenvalue weighted by atomic mass is 9.86. The van der Waals surface area contributed by atoms with Crippen LogP contribution in [0, 0.1) is 0 Å². The van der Waals surface area contributed by atoms with Crippen molar-refractivity contribution in [2.24, 2.45) is 0 Å². The molecule has 0 spiro atoms. The zero-order valence-electron chi connectivity index (χ0n) is 37.5. The van der Waals surface area contributed by atoms with E-state index in [2.05, 4.69) is 235 Å². The number of nitrogens with zero attached hydrogens (tertiary/aromatic N) is 4. The second-order valence-electron chi connectivity index (χ2n) is 17.6. The summed E-state index contributed by atoms with van der Waals surface area (Å²) in [6.45, 7) is 0. The van der Waals surface area contributed by atoms with Gasteiger partial charge in [0.25, 0.3) is 0 Å². The molecule has 0 saturated heterocycles. The van der Waals surface area contributed by atoms with Crippen molar-refractivity contribution in [3.05, 3.63) is 255 Å². The van der Waals surface area contributed by atoms with Gasteiger partial charge in [0, 0.05) is 62.6 Å². The van der Waals surface area contributed by atoms with Gasteiger partial charge in [-0.3, -0.25) is 15.0 Å². The van der Waals surface area contributed by atoms with Gasteiger partial charge in [-0.15, -0.1) is 0 Å². The van der Waals surface area contributed by atoms with Crippen LogP contribution in [0.3, 0.4) is 0 Å². The lowest BCUT2D eigenvalue weighted by molar-refractivity contribution is 1.32. The monoisotopic (exact) mass is 878 g/mol. The van der Waals surface area contributed by atoms with E-state index >= 15 is 0 Å². The van der Waals surface area contributed by atoms with E-state index in [-0.39, 0.29) is 0 Å². The molecule has 0 aliphatic carbocycles. The molecule has 0 bridgehead atoms. The fraction of sp³-hybridized carbons (Fsp3) is 0. The Bertz CT molecular complexity index is 3900. The average molecular weight is 879 g/mol. The van der Waals surface area contributed by atoms with Crippen LogP contribution in [-0.2, 0) is 0 Å². The summed E-state index contributed by atoms with van der Waals surface area (Å²) in [7, 11) is 0. The molecule has 322 valence electrons. The Hall–Kier alpha value is -9.25. The number of fused-ring (bicyclic) bond motifs is 8. The van der Waals surface area contributed by atoms with Crippen molar-refractivity contribution in [2.45, 2.75) is 0 Å². The Morgan fingerprint density at radius 2 is 0.667 bits per heavy atom. The molecule has 0 unspecified atom stereocenters. The minimum atomic E-state index is 0.947. The van der Waals surface area contributed by atoms with Crippen LogP contribution in [0.15, 0.2) is 255 Å². The molecule has 5 aromatic heterocycles. The van der Waals surface area contributed by atoms with Crippen molar-refractivity contribution in [1.82, 2.24) is 19.4 Å². The van der Waals surface area contributed by atoms with Crippen molar-refractivity contribution in [3.63, 3.8) is 0 Å². The second kappa shape index (κ2) is 16.9. The Balaban J connectivity index is 1.000. The number of hydrogen-bond donors (Lipinski definition) is 0. The zero-order valence-corrected chi connectivity index (χ0v) is 37.5. The Kier molecular flexibility index (Phi) is 9.80. The highest BCUT2D eigenvalue weighted by atomic mass is 14.9. The smallest absolute Gasteiger partial charge is 0.0816 e. The maximum atomic E-state index is 5.29. The molecule has 5 heterocycles. The highest BCUT2D eigenvalue weighted by Crippen LogP contribution is 2.43. The van der Waals surface area contributed by atoms with Gasteiger partial charge < -0.3 is 4.40 Å². The fourth-order valence-electron chi connectivity index (χ4n) is 10.2. The van der Waals surface area contributed by atoms with Crippen LogP contribution in [0.2, 0.25) is 0 Å². The van der Waals surface area contributed by atoms with Gasteiger partial charge in [0.2, 0.25) is 0 Å². The van der Waals surface area contributed by atoms with E-state index in [1.165, 1.54) is 10.9 Å². The van der Waals surface area contributed by atoms with Crippen molar-refractivity contribution in [3.8, 4) is 89.3 Å². The van der Waals surface area contributed by atoms with E-state index in [9.17, 15) is 0 Å².